The number of anilines is 2. The number of oxime groups is 1. The Labute approximate surface area is 257 Å². The number of aliphatic hydroxyl groups is 1. The van der Waals surface area contributed by atoms with E-state index in [1.807, 2.05) is 18.2 Å². The van der Waals surface area contributed by atoms with Crippen molar-refractivity contribution < 1.29 is 33.8 Å². The van der Waals surface area contributed by atoms with Crippen LogP contribution in [0.1, 0.15) is 52.4 Å². The Morgan fingerprint density at radius 1 is 1.00 bits per heavy atom. The fraction of sp³-hybridized carbons (Fsp3) is 0.312. The predicted octanol–water partition coefficient (Wildman–Crippen LogP) is 4.40. The van der Waals surface area contributed by atoms with Gasteiger partial charge in [-0.25, -0.2) is 9.18 Å². The molecule has 3 aromatic carbocycles. The quantitative estimate of drug-likeness (QED) is 0.372. The normalized spacial score (nSPS) is 20.0. The van der Waals surface area contributed by atoms with Gasteiger partial charge in [-0.2, -0.15) is 0 Å². The molecule has 0 aliphatic carbocycles. The number of halogens is 2. The van der Waals surface area contributed by atoms with Gasteiger partial charge in [0, 0.05) is 43.0 Å². The number of carbonyl (C=O) groups excluding carboxylic acids is 2. The summed E-state index contributed by atoms with van der Waals surface area (Å²) in [6.45, 7) is 1.56. The molecule has 0 saturated carbocycles. The van der Waals surface area contributed by atoms with E-state index in [9.17, 15) is 29.0 Å². The van der Waals surface area contributed by atoms with Gasteiger partial charge in [-0.15, -0.1) is 0 Å². The number of piperidine rings is 1. The number of carbonyl (C=O) groups is 3. The van der Waals surface area contributed by atoms with Crippen LogP contribution in [0.15, 0.2) is 65.8 Å². The number of carboxylic acids is 1. The molecule has 1 fully saturated rings. The zero-order valence-corrected chi connectivity index (χ0v) is 24.3. The second-order valence-corrected chi connectivity index (χ2v) is 11.5. The average molecular weight is 621 g/mol. The third-order valence-electron chi connectivity index (χ3n) is 8.34. The second kappa shape index (κ2) is 12.3. The molecule has 3 N–H and O–H groups in total. The summed E-state index contributed by atoms with van der Waals surface area (Å²) >= 11 is 5.95. The highest BCUT2D eigenvalue weighted by molar-refractivity contribution is 6.31. The molecule has 0 bridgehead atoms. The molecule has 6 rings (SSSR count). The molecule has 1 saturated heterocycles. The van der Waals surface area contributed by atoms with Crippen LogP contribution < -0.4 is 10.2 Å². The zero-order chi connectivity index (χ0) is 31.0. The van der Waals surface area contributed by atoms with Gasteiger partial charge in [0.2, 0.25) is 6.10 Å². The van der Waals surface area contributed by atoms with Crippen molar-refractivity contribution in [3.8, 4) is 0 Å². The first-order valence-electron chi connectivity index (χ1n) is 14.4. The van der Waals surface area contributed by atoms with Crippen LogP contribution in [0, 0.1) is 5.82 Å². The van der Waals surface area contributed by atoms with Crippen molar-refractivity contribution in [1.29, 1.82) is 0 Å². The monoisotopic (exact) mass is 620 g/mol. The number of amides is 2. The number of fused-ring (bicyclic) bond motifs is 1. The van der Waals surface area contributed by atoms with Gasteiger partial charge in [0.15, 0.2) is 5.82 Å². The van der Waals surface area contributed by atoms with Crippen LogP contribution in [0.4, 0.5) is 15.8 Å². The number of hydrogen-bond donors (Lipinski definition) is 3. The average Bonchev–Trinajstić information content (AvgIpc) is 3.52. The number of aliphatic hydroxyl groups excluding tert-OH is 1. The Balaban J connectivity index is 1.30. The number of hydrogen-bond acceptors (Lipinski definition) is 7. The van der Waals surface area contributed by atoms with Gasteiger partial charge in [-0.05, 0) is 72.9 Å². The van der Waals surface area contributed by atoms with Crippen LogP contribution in [-0.2, 0) is 20.8 Å². The molecule has 3 aliphatic rings. The van der Waals surface area contributed by atoms with Gasteiger partial charge in [0.1, 0.15) is 6.04 Å². The topological polar surface area (TPSA) is 132 Å². The molecular formula is C32H30ClFN4O6. The molecular weight excluding hydrogens is 591 g/mol. The smallest absolute Gasteiger partial charge is 0.335 e. The van der Waals surface area contributed by atoms with Gasteiger partial charge >= 0.3 is 5.97 Å². The minimum atomic E-state index is -1.09. The summed E-state index contributed by atoms with van der Waals surface area (Å²) in [7, 11) is 0. The Kier molecular flexibility index (Phi) is 8.24. The molecule has 44 heavy (non-hydrogen) atoms. The van der Waals surface area contributed by atoms with E-state index in [-0.39, 0.29) is 40.9 Å². The summed E-state index contributed by atoms with van der Waals surface area (Å²) in [5, 5.41) is 26.0. The maximum atomic E-state index is 14.7. The molecule has 3 heterocycles. The lowest BCUT2D eigenvalue weighted by molar-refractivity contribution is -0.148. The summed E-state index contributed by atoms with van der Waals surface area (Å²) in [5.41, 5.74) is 3.41. The lowest BCUT2D eigenvalue weighted by Crippen LogP contribution is -2.49. The maximum Gasteiger partial charge on any atom is 0.335 e. The Morgan fingerprint density at radius 2 is 1.73 bits per heavy atom. The molecule has 3 aliphatic heterocycles. The highest BCUT2D eigenvalue weighted by Gasteiger charge is 2.42. The lowest BCUT2D eigenvalue weighted by Gasteiger charge is -2.40. The fourth-order valence-corrected chi connectivity index (χ4v) is 6.23. The SMILES string of the molecule is O=C(O)c1ccc(NC(=O)[C@@H]2c3cccc(N4CCC(O)CC4)c3CCN2C(=O)C2CC(c3cccc(Cl)c3F)=NO2)cc1. The van der Waals surface area contributed by atoms with E-state index in [1.54, 1.807) is 6.07 Å². The molecule has 1 unspecified atom stereocenters. The Morgan fingerprint density at radius 3 is 2.45 bits per heavy atom. The molecule has 0 spiro atoms. The fourth-order valence-electron chi connectivity index (χ4n) is 6.06. The van der Waals surface area contributed by atoms with Gasteiger partial charge in [-0.1, -0.05) is 35.0 Å². The molecule has 3 aromatic rings. The minimum absolute atomic E-state index is 0.000581. The highest BCUT2D eigenvalue weighted by Crippen LogP contribution is 2.38. The van der Waals surface area contributed by atoms with Gasteiger partial charge in [0.25, 0.3) is 11.8 Å². The van der Waals surface area contributed by atoms with Crippen molar-refractivity contribution in [3.05, 3.63) is 93.8 Å². The highest BCUT2D eigenvalue weighted by atomic mass is 35.5. The number of carboxylic acid groups (broad SMARTS) is 1. The summed E-state index contributed by atoms with van der Waals surface area (Å²) in [6.07, 6.45) is 0.348. The van der Waals surface area contributed by atoms with E-state index in [2.05, 4.69) is 15.4 Å². The standard InChI is InChI=1S/C32H30ClFN4O6/c33-24-5-1-4-23(28(24)34)25-17-27(44-36-25)31(41)38-16-13-21-22(3-2-6-26(21)37-14-11-20(39)12-15-37)29(38)30(40)35-19-9-7-18(8-10-19)32(42)43/h1-10,20,27,29,39H,11-17H2,(H,35,40)(H,42,43)/t27?,29-/m0/s1. The second-order valence-electron chi connectivity index (χ2n) is 11.1. The first-order chi connectivity index (χ1) is 21.2. The Bertz CT molecular complexity index is 1640. The van der Waals surface area contributed by atoms with Crippen molar-refractivity contribution >= 4 is 46.5 Å². The predicted molar refractivity (Wildman–Crippen MR) is 162 cm³/mol. The van der Waals surface area contributed by atoms with Crippen molar-refractivity contribution in [2.45, 2.75) is 43.9 Å². The molecule has 0 aromatic heterocycles. The molecule has 2 atom stereocenters. The number of nitrogens with one attached hydrogen (secondary N) is 1. The van der Waals surface area contributed by atoms with Gasteiger partial charge in [-0.3, -0.25) is 9.59 Å². The van der Waals surface area contributed by atoms with Crippen LogP contribution in [-0.4, -0.2) is 70.5 Å². The summed E-state index contributed by atoms with van der Waals surface area (Å²) in [4.78, 5) is 48.4. The zero-order valence-electron chi connectivity index (χ0n) is 23.6. The third kappa shape index (κ3) is 5.72. The minimum Gasteiger partial charge on any atom is -0.478 e. The summed E-state index contributed by atoms with van der Waals surface area (Å²) in [5.74, 6) is -2.69. The molecule has 228 valence electrons. The number of benzene rings is 3. The van der Waals surface area contributed by atoms with Crippen molar-refractivity contribution in [2.24, 2.45) is 5.16 Å². The van der Waals surface area contributed by atoms with Gasteiger partial charge in [0.05, 0.1) is 22.4 Å². The van der Waals surface area contributed by atoms with E-state index < -0.39 is 35.7 Å². The molecule has 0 radical (unpaired) electrons. The summed E-state index contributed by atoms with van der Waals surface area (Å²) < 4.78 is 14.7. The largest absolute Gasteiger partial charge is 0.478 e. The van der Waals surface area contributed by atoms with Crippen LogP contribution in [0.3, 0.4) is 0 Å². The third-order valence-corrected chi connectivity index (χ3v) is 8.63. The lowest BCUT2D eigenvalue weighted by atomic mass is 9.89. The molecule has 10 nitrogen and oxygen atoms in total. The van der Waals surface area contributed by atoms with Crippen LogP contribution >= 0.6 is 11.6 Å². The van der Waals surface area contributed by atoms with Crippen LogP contribution in [0.25, 0.3) is 0 Å². The van der Waals surface area contributed by atoms with Crippen molar-refractivity contribution in [1.82, 2.24) is 4.90 Å². The first-order valence-corrected chi connectivity index (χ1v) is 14.8. The number of nitrogens with zero attached hydrogens (tertiary/aromatic N) is 3. The van der Waals surface area contributed by atoms with Gasteiger partial charge < -0.3 is 30.2 Å². The van der Waals surface area contributed by atoms with E-state index in [4.69, 9.17) is 16.4 Å². The molecule has 2 amide bonds. The number of rotatable bonds is 6. The van der Waals surface area contributed by atoms with Crippen LogP contribution in [0.2, 0.25) is 5.02 Å². The first kappa shape index (κ1) is 29.6. The maximum absolute atomic E-state index is 14.7. The number of aromatic carboxylic acids is 1. The van der Waals surface area contributed by atoms with E-state index in [0.29, 0.717) is 43.6 Å². The van der Waals surface area contributed by atoms with Crippen LogP contribution in [0.5, 0.6) is 0 Å². The summed E-state index contributed by atoms with van der Waals surface area (Å²) in [6, 6.07) is 14.9. The van der Waals surface area contributed by atoms with Crippen molar-refractivity contribution in [2.75, 3.05) is 29.9 Å². The van der Waals surface area contributed by atoms with E-state index >= 15 is 0 Å². The molecule has 12 heteroatoms. The van der Waals surface area contributed by atoms with Crippen molar-refractivity contribution in [3.63, 3.8) is 0 Å². The van der Waals surface area contributed by atoms with E-state index in [0.717, 1.165) is 11.3 Å². The van der Waals surface area contributed by atoms with E-state index in [1.165, 1.54) is 41.3 Å². The Hall–Kier alpha value is -4.48.